The van der Waals surface area contributed by atoms with Crippen LogP contribution in [-0.4, -0.2) is 29.4 Å². The molecule has 0 N–H and O–H groups in total. The van der Waals surface area contributed by atoms with E-state index in [-0.39, 0.29) is 30.2 Å². The number of Topliss-reactive ketones (excluding diaryl/α,β-unsaturated/α-hetero) is 4. The van der Waals surface area contributed by atoms with Crippen molar-refractivity contribution >= 4 is 29.4 Å². The van der Waals surface area contributed by atoms with Crippen molar-refractivity contribution < 1.29 is 24.0 Å². The first-order chi connectivity index (χ1) is 31.8. The van der Waals surface area contributed by atoms with Crippen LogP contribution < -0.4 is 0 Å². The Balaban J connectivity index is 5.46. The van der Waals surface area contributed by atoms with E-state index in [1.165, 1.54) is 154 Å². The zero-order valence-corrected chi connectivity index (χ0v) is 44.3. The summed E-state index contributed by atoms with van der Waals surface area (Å²) < 4.78 is 0. The van der Waals surface area contributed by atoms with Crippen LogP contribution >= 0.6 is 0 Å². The minimum atomic E-state index is -1.84. The van der Waals surface area contributed by atoms with Crippen LogP contribution in [0.3, 0.4) is 0 Å². The maximum Gasteiger partial charge on any atom is 0.154 e. The lowest BCUT2D eigenvalue weighted by molar-refractivity contribution is -0.153. The van der Waals surface area contributed by atoms with Gasteiger partial charge in [-0.1, -0.05) is 272 Å². The van der Waals surface area contributed by atoms with Crippen LogP contribution in [0.1, 0.15) is 342 Å². The number of ketones is 4. The molecule has 65 heavy (non-hydrogen) atoms. The number of carbonyl (C=O) groups is 5. The predicted octanol–water partition coefficient (Wildman–Crippen LogP) is 19.3. The van der Waals surface area contributed by atoms with Crippen LogP contribution in [0, 0.1) is 11.3 Å². The van der Waals surface area contributed by atoms with Crippen LogP contribution in [0.25, 0.3) is 0 Å². The Bertz CT molecular complexity index is 1060. The number of hydrogen-bond donors (Lipinski definition) is 0. The van der Waals surface area contributed by atoms with Crippen molar-refractivity contribution in [3.05, 3.63) is 0 Å². The lowest BCUT2D eigenvalue weighted by atomic mass is 9.64. The minimum absolute atomic E-state index is 0.0343. The van der Waals surface area contributed by atoms with E-state index in [1.54, 1.807) is 0 Å². The van der Waals surface area contributed by atoms with Gasteiger partial charge < -0.3 is 4.79 Å². The zero-order chi connectivity index (χ0) is 47.7. The van der Waals surface area contributed by atoms with E-state index in [4.69, 9.17) is 0 Å². The van der Waals surface area contributed by atoms with Gasteiger partial charge in [0.25, 0.3) is 0 Å². The Hall–Kier alpha value is -1.65. The highest BCUT2D eigenvalue weighted by Crippen LogP contribution is 2.38. The summed E-state index contributed by atoms with van der Waals surface area (Å²) in [7, 11) is 0. The van der Waals surface area contributed by atoms with Gasteiger partial charge in [-0.3, -0.25) is 19.2 Å². The van der Waals surface area contributed by atoms with Crippen LogP contribution in [-0.2, 0) is 24.0 Å². The molecule has 0 aromatic carbocycles. The van der Waals surface area contributed by atoms with Gasteiger partial charge in [0, 0.05) is 38.0 Å². The molecule has 0 heterocycles. The fraction of sp³-hybridized carbons (Fsp3) is 0.917. The van der Waals surface area contributed by atoms with E-state index >= 15 is 0 Å². The van der Waals surface area contributed by atoms with Crippen LogP contribution in [0.5, 0.6) is 0 Å². The van der Waals surface area contributed by atoms with Gasteiger partial charge in [0.1, 0.15) is 17.9 Å². The summed E-state index contributed by atoms with van der Waals surface area (Å²) in [6, 6.07) is 0. The van der Waals surface area contributed by atoms with Crippen molar-refractivity contribution in [2.45, 2.75) is 342 Å². The van der Waals surface area contributed by atoms with Gasteiger partial charge in [-0.25, -0.2) is 0 Å². The summed E-state index contributed by atoms with van der Waals surface area (Å²) >= 11 is 0. The highest BCUT2D eigenvalue weighted by atomic mass is 16.2. The van der Waals surface area contributed by atoms with Crippen molar-refractivity contribution in [1.82, 2.24) is 0 Å². The quantitative estimate of drug-likeness (QED) is 0.0345. The molecule has 0 radical (unpaired) electrons. The molecule has 0 amide bonds. The number of unbranched alkanes of at least 4 members (excludes halogenated alkanes) is 38. The van der Waals surface area contributed by atoms with Crippen molar-refractivity contribution in [2.75, 3.05) is 0 Å². The van der Waals surface area contributed by atoms with Gasteiger partial charge in [0.15, 0.2) is 17.0 Å². The largest absolute Gasteiger partial charge is 0.302 e. The monoisotopic (exact) mass is 913 g/mol. The van der Waals surface area contributed by atoms with Gasteiger partial charge in [-0.15, -0.1) is 0 Å². The molecule has 0 rings (SSSR count). The Morgan fingerprint density at radius 2 is 0.538 bits per heavy atom. The number of rotatable bonds is 55. The molecule has 5 heteroatoms. The second-order valence-corrected chi connectivity index (χ2v) is 20.7. The van der Waals surface area contributed by atoms with Gasteiger partial charge in [0.05, 0.1) is 0 Å². The second-order valence-electron chi connectivity index (χ2n) is 20.7. The molecule has 0 aliphatic rings. The van der Waals surface area contributed by atoms with E-state index < -0.39 is 11.3 Å². The van der Waals surface area contributed by atoms with Gasteiger partial charge >= 0.3 is 0 Å². The van der Waals surface area contributed by atoms with E-state index in [0.717, 1.165) is 116 Å². The van der Waals surface area contributed by atoms with Crippen molar-refractivity contribution in [3.63, 3.8) is 0 Å². The van der Waals surface area contributed by atoms with Crippen molar-refractivity contribution in [2.24, 2.45) is 11.3 Å². The van der Waals surface area contributed by atoms with E-state index in [1.807, 2.05) is 0 Å². The molecule has 0 bridgehead atoms. The molecule has 0 aliphatic heterocycles. The molecule has 0 saturated carbocycles. The zero-order valence-electron chi connectivity index (χ0n) is 44.3. The summed E-state index contributed by atoms with van der Waals surface area (Å²) in [5, 5.41) is 0. The smallest absolute Gasteiger partial charge is 0.154 e. The Kier molecular flexibility index (Phi) is 47.6. The third kappa shape index (κ3) is 36.1. The average molecular weight is 914 g/mol. The van der Waals surface area contributed by atoms with E-state index in [0.29, 0.717) is 44.2 Å². The Labute approximate surface area is 405 Å². The van der Waals surface area contributed by atoms with Crippen LogP contribution in [0.2, 0.25) is 0 Å². The third-order valence-corrected chi connectivity index (χ3v) is 14.6. The predicted molar refractivity (Wildman–Crippen MR) is 281 cm³/mol. The SMILES string of the molecule is CCCCCCCCCCCC(=O)CCCCCCCCCC(C(=O)CCCCCCCCCCC)C(C=O)(C(=O)CCCCCCCCCCC)C(=O)CCCCCCCCCCC. The average Bonchev–Trinajstić information content (AvgIpc) is 3.30. The first-order valence-electron chi connectivity index (χ1n) is 29.4. The first-order valence-corrected chi connectivity index (χ1v) is 29.4. The third-order valence-electron chi connectivity index (χ3n) is 14.6. The number of carbonyl (C=O) groups excluding carboxylic acids is 5. The first kappa shape index (κ1) is 63.4. The molecule has 1 unspecified atom stereocenters. The number of aldehydes is 1. The molecule has 0 aromatic heterocycles. The highest BCUT2D eigenvalue weighted by molar-refractivity contribution is 6.21. The normalized spacial score (nSPS) is 12.2. The molecule has 0 aliphatic carbocycles. The van der Waals surface area contributed by atoms with E-state index in [2.05, 4.69) is 27.7 Å². The molecular weight excluding hydrogens is 801 g/mol. The van der Waals surface area contributed by atoms with Crippen molar-refractivity contribution in [3.8, 4) is 0 Å². The molecule has 0 fully saturated rings. The maximum atomic E-state index is 14.5. The minimum Gasteiger partial charge on any atom is -0.302 e. The van der Waals surface area contributed by atoms with Gasteiger partial charge in [0.2, 0.25) is 0 Å². The summed E-state index contributed by atoms with van der Waals surface area (Å²) in [5.41, 5.74) is -1.84. The fourth-order valence-electron chi connectivity index (χ4n) is 10.1. The summed E-state index contributed by atoms with van der Waals surface area (Å²) in [5.74, 6) is -1.02. The summed E-state index contributed by atoms with van der Waals surface area (Å²) in [6.45, 7) is 8.98. The number of hydrogen-bond acceptors (Lipinski definition) is 5. The lowest BCUT2D eigenvalue weighted by Crippen LogP contribution is -2.50. The topological polar surface area (TPSA) is 85.3 Å². The maximum absolute atomic E-state index is 14.5. The highest BCUT2D eigenvalue weighted by Gasteiger charge is 2.52. The Morgan fingerprint density at radius 3 is 0.815 bits per heavy atom. The molecule has 0 spiro atoms. The molecular formula is C60H112O5. The summed E-state index contributed by atoms with van der Waals surface area (Å²) in [6.07, 6.45) is 52.3. The molecule has 0 aromatic rings. The van der Waals surface area contributed by atoms with Gasteiger partial charge in [-0.05, 0) is 38.5 Å². The fourth-order valence-corrected chi connectivity index (χ4v) is 10.1. The molecule has 0 saturated heterocycles. The van der Waals surface area contributed by atoms with Gasteiger partial charge in [-0.2, -0.15) is 0 Å². The Morgan fingerprint density at radius 1 is 0.308 bits per heavy atom. The van der Waals surface area contributed by atoms with Crippen molar-refractivity contribution in [1.29, 1.82) is 0 Å². The van der Waals surface area contributed by atoms with E-state index in [9.17, 15) is 24.0 Å². The van der Waals surface area contributed by atoms with Crippen LogP contribution in [0.15, 0.2) is 0 Å². The lowest BCUT2D eigenvalue weighted by Gasteiger charge is -2.33. The molecule has 1 atom stereocenters. The molecule has 5 nitrogen and oxygen atoms in total. The van der Waals surface area contributed by atoms with Crippen LogP contribution in [0.4, 0.5) is 0 Å². The standard InChI is InChI=1S/C60H112O5/c1-5-9-13-17-21-25-30-36-42-48-55(62)49-43-37-31-29-32-38-44-50-56(57(63)51-45-39-33-26-22-18-14-10-6-2)60(54-61,58(64)52-46-40-34-27-23-19-15-11-7-3)59(65)53-47-41-35-28-24-20-16-12-8-4/h54,56H,5-53H2,1-4H3. The second kappa shape index (κ2) is 48.8. The summed E-state index contributed by atoms with van der Waals surface area (Å²) in [4.78, 5) is 69.3. The molecule has 382 valence electrons.